The summed E-state index contributed by atoms with van der Waals surface area (Å²) in [5.74, 6) is 0.705. The van der Waals surface area contributed by atoms with Crippen molar-refractivity contribution in [2.45, 2.75) is 19.7 Å². The number of alkyl halides is 3. The van der Waals surface area contributed by atoms with Crippen LogP contribution in [0.5, 0.6) is 5.75 Å². The van der Waals surface area contributed by atoms with E-state index >= 15 is 0 Å². The van der Waals surface area contributed by atoms with Gasteiger partial charge in [0, 0.05) is 6.20 Å². The second-order valence-electron chi connectivity index (χ2n) is 6.02. The zero-order chi connectivity index (χ0) is 20.0. The lowest BCUT2D eigenvalue weighted by Crippen LogP contribution is -2.32. The van der Waals surface area contributed by atoms with Crippen LogP contribution in [0.3, 0.4) is 0 Å². The molecule has 148 valence electrons. The maximum atomic E-state index is 12.5. The zero-order valence-electron chi connectivity index (χ0n) is 15.0. The lowest BCUT2D eigenvalue weighted by Gasteiger charge is -2.08. The summed E-state index contributed by atoms with van der Waals surface area (Å²) < 4.78 is 43.3. The largest absolute Gasteiger partial charge is 0.487 e. The van der Waals surface area contributed by atoms with Crippen LogP contribution in [0.25, 0.3) is 0 Å². The molecule has 0 unspecified atom stereocenters. The van der Waals surface area contributed by atoms with E-state index in [0.717, 1.165) is 23.4 Å². The van der Waals surface area contributed by atoms with Crippen LogP contribution in [0.4, 0.5) is 13.2 Å². The van der Waals surface area contributed by atoms with Crippen LogP contribution in [0.15, 0.2) is 65.6 Å². The Hall–Kier alpha value is -3.20. The number of hydrogen-bond donors (Lipinski definition) is 3. The van der Waals surface area contributed by atoms with Crippen LogP contribution in [0, 0.1) is 0 Å². The molecule has 9 heteroatoms. The highest BCUT2D eigenvalue weighted by Gasteiger charge is 2.29. The van der Waals surface area contributed by atoms with Gasteiger partial charge in [0.25, 0.3) is 0 Å². The van der Waals surface area contributed by atoms with Crippen molar-refractivity contribution in [3.8, 4) is 5.75 Å². The maximum absolute atomic E-state index is 12.5. The first kappa shape index (κ1) is 19.6. The van der Waals surface area contributed by atoms with E-state index in [1.807, 2.05) is 24.3 Å². The Morgan fingerprint density at radius 1 is 1.00 bits per heavy atom. The topological polar surface area (TPSA) is 66.9 Å². The third-order valence-corrected chi connectivity index (χ3v) is 3.92. The Kier molecular flexibility index (Phi) is 6.05. The summed E-state index contributed by atoms with van der Waals surface area (Å²) in [6.07, 6.45) is -2.58. The molecule has 0 fully saturated rings. The number of oxime groups is 1. The number of rotatable bonds is 7. The number of nitrogens with zero attached hydrogens (tertiary/aromatic N) is 1. The fraction of sp³-hybridized carbons (Fsp3) is 0.211. The zero-order valence-corrected chi connectivity index (χ0v) is 15.0. The first-order chi connectivity index (χ1) is 13.4. The minimum Gasteiger partial charge on any atom is -0.487 e. The van der Waals surface area contributed by atoms with Gasteiger partial charge in [-0.2, -0.15) is 18.7 Å². The van der Waals surface area contributed by atoms with E-state index in [0.29, 0.717) is 23.6 Å². The van der Waals surface area contributed by atoms with E-state index < -0.39 is 11.7 Å². The molecule has 0 saturated heterocycles. The molecule has 0 aromatic heterocycles. The van der Waals surface area contributed by atoms with Crippen molar-refractivity contribution in [2.75, 3.05) is 6.61 Å². The summed E-state index contributed by atoms with van der Waals surface area (Å²) in [5, 5.41) is 4.02. The van der Waals surface area contributed by atoms with Gasteiger partial charge in [-0.25, -0.2) is 0 Å². The standard InChI is InChI=1S/C19H19F3N4O2/c1-13(25-28-11-14-2-6-16(7-3-14)19(20,21)22)15-4-8-18(9-5-15)27-12-17-10-23-26-24-17/h2-10,23-24,26H,11-12H2,1H3. The van der Waals surface area contributed by atoms with Crippen molar-refractivity contribution in [2.24, 2.45) is 5.16 Å². The molecular weight excluding hydrogens is 373 g/mol. The Labute approximate surface area is 160 Å². The van der Waals surface area contributed by atoms with Gasteiger partial charge in [-0.1, -0.05) is 17.3 Å². The van der Waals surface area contributed by atoms with Gasteiger partial charge in [-0.15, -0.1) is 0 Å². The molecule has 0 saturated carbocycles. The molecule has 2 aromatic rings. The average Bonchev–Trinajstić information content (AvgIpc) is 3.20. The van der Waals surface area contributed by atoms with Crippen molar-refractivity contribution in [1.29, 1.82) is 0 Å². The van der Waals surface area contributed by atoms with E-state index in [1.54, 1.807) is 13.1 Å². The summed E-state index contributed by atoms with van der Waals surface area (Å²) in [6, 6.07) is 12.1. The maximum Gasteiger partial charge on any atom is 0.416 e. The van der Waals surface area contributed by atoms with Crippen molar-refractivity contribution >= 4 is 5.71 Å². The third-order valence-electron chi connectivity index (χ3n) is 3.92. The third kappa shape index (κ3) is 5.40. The predicted octanol–water partition coefficient (Wildman–Crippen LogP) is 3.48. The van der Waals surface area contributed by atoms with Gasteiger partial charge in [0.2, 0.25) is 0 Å². The number of hydrazine groups is 2. The smallest absolute Gasteiger partial charge is 0.416 e. The van der Waals surface area contributed by atoms with Crippen molar-refractivity contribution in [1.82, 2.24) is 16.4 Å². The number of benzene rings is 2. The van der Waals surface area contributed by atoms with Gasteiger partial charge in [-0.3, -0.25) is 0 Å². The van der Waals surface area contributed by atoms with Gasteiger partial charge in [0.1, 0.15) is 19.0 Å². The second-order valence-corrected chi connectivity index (χ2v) is 6.02. The molecule has 1 aliphatic heterocycles. The highest BCUT2D eigenvalue weighted by Crippen LogP contribution is 2.29. The Bertz CT molecular complexity index is 847. The summed E-state index contributed by atoms with van der Waals surface area (Å²) in [5.41, 5.74) is 10.7. The van der Waals surface area contributed by atoms with E-state index in [-0.39, 0.29) is 6.61 Å². The summed E-state index contributed by atoms with van der Waals surface area (Å²) in [7, 11) is 0. The van der Waals surface area contributed by atoms with Crippen LogP contribution >= 0.6 is 0 Å². The minimum atomic E-state index is -4.34. The highest BCUT2D eigenvalue weighted by atomic mass is 19.4. The van der Waals surface area contributed by atoms with Crippen molar-refractivity contribution in [3.05, 3.63) is 77.1 Å². The monoisotopic (exact) mass is 392 g/mol. The van der Waals surface area contributed by atoms with Gasteiger partial charge in [0.15, 0.2) is 0 Å². The molecule has 3 rings (SSSR count). The fourth-order valence-electron chi connectivity index (χ4n) is 2.35. The molecule has 0 bridgehead atoms. The van der Waals surface area contributed by atoms with E-state index in [2.05, 4.69) is 21.5 Å². The van der Waals surface area contributed by atoms with Crippen LogP contribution in [-0.2, 0) is 17.6 Å². The molecule has 0 spiro atoms. The van der Waals surface area contributed by atoms with Gasteiger partial charge in [-0.05, 0) is 54.4 Å². The predicted molar refractivity (Wildman–Crippen MR) is 97.9 cm³/mol. The molecule has 0 radical (unpaired) electrons. The lowest BCUT2D eigenvalue weighted by molar-refractivity contribution is -0.137. The van der Waals surface area contributed by atoms with Gasteiger partial charge in [0.05, 0.1) is 17.0 Å². The van der Waals surface area contributed by atoms with E-state index in [9.17, 15) is 13.2 Å². The van der Waals surface area contributed by atoms with Crippen molar-refractivity contribution < 1.29 is 22.7 Å². The number of nitrogens with one attached hydrogen (secondary N) is 3. The molecule has 2 aromatic carbocycles. The fourth-order valence-corrected chi connectivity index (χ4v) is 2.35. The number of hydrogen-bond acceptors (Lipinski definition) is 6. The quantitative estimate of drug-likeness (QED) is 0.497. The molecule has 0 amide bonds. The second kappa shape index (κ2) is 8.66. The first-order valence-electron chi connectivity index (χ1n) is 8.43. The number of halogens is 3. The van der Waals surface area contributed by atoms with Crippen LogP contribution in [0.2, 0.25) is 0 Å². The number of ether oxygens (including phenoxy) is 1. The van der Waals surface area contributed by atoms with E-state index in [4.69, 9.17) is 9.57 Å². The van der Waals surface area contributed by atoms with Crippen LogP contribution < -0.4 is 21.1 Å². The molecule has 1 aliphatic rings. The van der Waals surface area contributed by atoms with Crippen molar-refractivity contribution in [3.63, 3.8) is 0 Å². The molecule has 0 aliphatic carbocycles. The Morgan fingerprint density at radius 3 is 2.32 bits per heavy atom. The molecule has 3 N–H and O–H groups in total. The molecule has 1 heterocycles. The average molecular weight is 392 g/mol. The van der Waals surface area contributed by atoms with E-state index in [1.165, 1.54) is 12.1 Å². The molecule has 6 nitrogen and oxygen atoms in total. The minimum absolute atomic E-state index is 0.0842. The Morgan fingerprint density at radius 2 is 1.71 bits per heavy atom. The normalized spacial score (nSPS) is 14.1. The summed E-state index contributed by atoms with van der Waals surface area (Å²) in [6.45, 7) is 2.26. The Balaban J connectivity index is 1.50. The lowest BCUT2D eigenvalue weighted by atomic mass is 10.1. The summed E-state index contributed by atoms with van der Waals surface area (Å²) in [4.78, 5) is 5.25. The molecule has 0 atom stereocenters. The highest BCUT2D eigenvalue weighted by molar-refractivity contribution is 5.98. The first-order valence-corrected chi connectivity index (χ1v) is 8.43. The van der Waals surface area contributed by atoms with Gasteiger partial charge < -0.3 is 20.4 Å². The van der Waals surface area contributed by atoms with Gasteiger partial charge >= 0.3 is 6.18 Å². The summed E-state index contributed by atoms with van der Waals surface area (Å²) >= 11 is 0. The van der Waals surface area contributed by atoms with Crippen LogP contribution in [0.1, 0.15) is 23.6 Å². The SMILES string of the molecule is CC(=NOCc1ccc(C(F)(F)F)cc1)c1ccc(OCC2=CNNN2)cc1. The van der Waals surface area contributed by atoms with Crippen LogP contribution in [-0.4, -0.2) is 12.3 Å². The molecular formula is C19H19F3N4O2. The molecule has 28 heavy (non-hydrogen) atoms.